The lowest BCUT2D eigenvalue weighted by molar-refractivity contribution is 0.669. The second-order valence-corrected chi connectivity index (χ2v) is 10.6. The average Bonchev–Trinajstić information content (AvgIpc) is 3.44. The lowest BCUT2D eigenvalue weighted by Gasteiger charge is -2.19. The molecule has 0 radical (unpaired) electrons. The highest BCUT2D eigenvalue weighted by Crippen LogP contribution is 2.46. The quantitative estimate of drug-likeness (QED) is 0.236. The Hall–Kier alpha value is -5.60. The van der Waals surface area contributed by atoms with E-state index in [1.54, 1.807) is 0 Å². The molecule has 0 spiro atoms. The molecule has 8 rings (SSSR count). The van der Waals surface area contributed by atoms with Crippen LogP contribution >= 0.6 is 0 Å². The van der Waals surface area contributed by atoms with Gasteiger partial charge in [0.25, 0.3) is 0 Å². The van der Waals surface area contributed by atoms with Crippen molar-refractivity contribution in [3.8, 4) is 33.4 Å². The molecule has 0 saturated carbocycles. The van der Waals surface area contributed by atoms with Crippen molar-refractivity contribution in [1.29, 1.82) is 0 Å². The Balaban J connectivity index is 1.36. The molecule has 2 heteroatoms. The van der Waals surface area contributed by atoms with E-state index in [0.29, 0.717) is 0 Å². The number of nitrogens with one attached hydrogen (secondary N) is 1. The van der Waals surface area contributed by atoms with Gasteiger partial charge in [0.05, 0.1) is 0 Å². The summed E-state index contributed by atoms with van der Waals surface area (Å²) < 4.78 is 6.36. The minimum atomic E-state index is 0.886. The summed E-state index contributed by atoms with van der Waals surface area (Å²) in [6.07, 6.45) is 0. The van der Waals surface area contributed by atoms with Gasteiger partial charge in [0, 0.05) is 38.8 Å². The molecular weight excluding hydrogens is 510 g/mol. The van der Waals surface area contributed by atoms with Crippen molar-refractivity contribution in [2.75, 3.05) is 5.32 Å². The maximum atomic E-state index is 6.36. The minimum Gasteiger partial charge on any atom is -0.456 e. The van der Waals surface area contributed by atoms with E-state index in [9.17, 15) is 0 Å². The second-order valence-electron chi connectivity index (χ2n) is 10.6. The maximum absolute atomic E-state index is 6.36. The maximum Gasteiger partial charge on any atom is 0.136 e. The monoisotopic (exact) mass is 537 g/mol. The van der Waals surface area contributed by atoms with Crippen LogP contribution in [0.5, 0.6) is 0 Å². The fourth-order valence-corrected chi connectivity index (χ4v) is 6.20. The van der Waals surface area contributed by atoms with Crippen LogP contribution < -0.4 is 5.32 Å². The molecule has 0 amide bonds. The smallest absolute Gasteiger partial charge is 0.136 e. The van der Waals surface area contributed by atoms with E-state index in [1.807, 2.05) is 12.1 Å². The molecule has 0 aliphatic heterocycles. The third-order valence-corrected chi connectivity index (χ3v) is 8.10. The largest absolute Gasteiger partial charge is 0.456 e. The van der Waals surface area contributed by atoms with Gasteiger partial charge in [-0.1, -0.05) is 133 Å². The Morgan fingerprint density at radius 3 is 1.86 bits per heavy atom. The molecule has 0 unspecified atom stereocenters. The summed E-state index contributed by atoms with van der Waals surface area (Å²) in [5.41, 5.74) is 10.9. The van der Waals surface area contributed by atoms with Crippen LogP contribution in [-0.4, -0.2) is 0 Å². The second kappa shape index (κ2) is 10.1. The molecule has 0 saturated heterocycles. The van der Waals surface area contributed by atoms with Gasteiger partial charge in [-0.05, 0) is 51.7 Å². The zero-order chi connectivity index (χ0) is 27.9. The third kappa shape index (κ3) is 4.05. The number of para-hydroxylation sites is 3. The molecule has 1 heterocycles. The van der Waals surface area contributed by atoms with Crippen LogP contribution in [0.15, 0.2) is 162 Å². The van der Waals surface area contributed by atoms with Crippen molar-refractivity contribution in [1.82, 2.24) is 0 Å². The summed E-state index contributed by atoms with van der Waals surface area (Å²) in [7, 11) is 0. The van der Waals surface area contributed by atoms with Gasteiger partial charge in [-0.3, -0.25) is 0 Å². The van der Waals surface area contributed by atoms with Crippen LogP contribution in [0.2, 0.25) is 0 Å². The molecule has 7 aromatic carbocycles. The number of rotatable bonds is 5. The Morgan fingerprint density at radius 1 is 0.381 bits per heavy atom. The van der Waals surface area contributed by atoms with Gasteiger partial charge in [0.15, 0.2) is 0 Å². The average molecular weight is 538 g/mol. The summed E-state index contributed by atoms with van der Waals surface area (Å²) in [6, 6.07) is 55.5. The summed E-state index contributed by atoms with van der Waals surface area (Å²) in [4.78, 5) is 0. The van der Waals surface area contributed by atoms with Crippen LogP contribution in [0, 0.1) is 0 Å². The van der Waals surface area contributed by atoms with Gasteiger partial charge in [-0.25, -0.2) is 0 Å². The van der Waals surface area contributed by atoms with Crippen molar-refractivity contribution in [3.05, 3.63) is 158 Å². The van der Waals surface area contributed by atoms with Crippen LogP contribution in [0.1, 0.15) is 0 Å². The number of hydrogen-bond acceptors (Lipinski definition) is 2. The molecule has 42 heavy (non-hydrogen) atoms. The fraction of sp³-hybridized carbons (Fsp3) is 0. The van der Waals surface area contributed by atoms with Crippen LogP contribution in [-0.2, 0) is 0 Å². The highest BCUT2D eigenvalue weighted by molar-refractivity contribution is 6.17. The molecule has 0 fully saturated rings. The Bertz CT molecular complexity index is 2220. The minimum absolute atomic E-state index is 0.886. The van der Waals surface area contributed by atoms with Crippen LogP contribution in [0.4, 0.5) is 11.4 Å². The molecule has 1 N–H and O–H groups in total. The number of hydrogen-bond donors (Lipinski definition) is 1. The van der Waals surface area contributed by atoms with Gasteiger partial charge < -0.3 is 9.73 Å². The Morgan fingerprint density at radius 2 is 1.00 bits per heavy atom. The molecule has 2 nitrogen and oxygen atoms in total. The first kappa shape index (κ1) is 24.2. The van der Waals surface area contributed by atoms with Crippen molar-refractivity contribution >= 4 is 44.1 Å². The summed E-state index contributed by atoms with van der Waals surface area (Å²) in [5.74, 6) is 0. The van der Waals surface area contributed by atoms with E-state index in [4.69, 9.17) is 4.42 Å². The van der Waals surface area contributed by atoms with Gasteiger partial charge in [0.1, 0.15) is 11.2 Å². The molecule has 0 atom stereocenters. The van der Waals surface area contributed by atoms with Crippen molar-refractivity contribution in [2.45, 2.75) is 0 Å². The van der Waals surface area contributed by atoms with Gasteiger partial charge in [-0.2, -0.15) is 0 Å². The molecule has 198 valence electrons. The number of fused-ring (bicyclic) bond motifs is 4. The lowest BCUT2D eigenvalue weighted by Crippen LogP contribution is -1.97. The molecule has 0 aliphatic rings. The lowest BCUT2D eigenvalue weighted by atomic mass is 9.89. The Labute approximate surface area is 244 Å². The standard InChI is InChI=1S/C40H27NO/c1-2-13-28(14-3-1)30-25-26-38-40(34-20-8-11-24-37(34)42-38)39(30)33-19-7-10-23-36(33)41-35-22-9-6-18-32(35)31-21-12-16-27-15-4-5-17-29(27)31/h1-26,41H. The fourth-order valence-electron chi connectivity index (χ4n) is 6.20. The van der Waals surface area contributed by atoms with E-state index >= 15 is 0 Å². The van der Waals surface area contributed by atoms with Gasteiger partial charge >= 0.3 is 0 Å². The van der Waals surface area contributed by atoms with E-state index in [2.05, 4.69) is 151 Å². The van der Waals surface area contributed by atoms with E-state index < -0.39 is 0 Å². The van der Waals surface area contributed by atoms with Crippen molar-refractivity contribution in [3.63, 3.8) is 0 Å². The first-order chi connectivity index (χ1) is 20.8. The van der Waals surface area contributed by atoms with E-state index in [1.165, 1.54) is 33.0 Å². The van der Waals surface area contributed by atoms with Crippen molar-refractivity contribution in [2.24, 2.45) is 0 Å². The first-order valence-corrected chi connectivity index (χ1v) is 14.3. The molecule has 0 bridgehead atoms. The molecule has 0 aliphatic carbocycles. The zero-order valence-electron chi connectivity index (χ0n) is 22.9. The van der Waals surface area contributed by atoms with Gasteiger partial charge in [0.2, 0.25) is 0 Å². The molecular formula is C40H27NO. The number of benzene rings is 7. The van der Waals surface area contributed by atoms with Crippen LogP contribution in [0.25, 0.3) is 66.1 Å². The summed E-state index contributed by atoms with van der Waals surface area (Å²) >= 11 is 0. The predicted molar refractivity (Wildman–Crippen MR) is 177 cm³/mol. The molecule has 1 aromatic heterocycles. The summed E-state index contributed by atoms with van der Waals surface area (Å²) in [5, 5.41) is 8.57. The van der Waals surface area contributed by atoms with E-state index in [-0.39, 0.29) is 0 Å². The predicted octanol–water partition coefficient (Wildman–Crippen LogP) is 11.5. The highest BCUT2D eigenvalue weighted by atomic mass is 16.3. The topological polar surface area (TPSA) is 25.2 Å². The SMILES string of the molecule is c1ccc(-c2ccc3oc4ccccc4c3c2-c2ccccc2Nc2ccccc2-c2cccc3ccccc23)cc1. The highest BCUT2D eigenvalue weighted by Gasteiger charge is 2.20. The number of furan rings is 1. The summed E-state index contributed by atoms with van der Waals surface area (Å²) in [6.45, 7) is 0. The van der Waals surface area contributed by atoms with E-state index in [0.717, 1.165) is 44.4 Å². The Kier molecular flexibility index (Phi) is 5.82. The normalized spacial score (nSPS) is 11.3. The zero-order valence-corrected chi connectivity index (χ0v) is 22.9. The molecule has 8 aromatic rings. The van der Waals surface area contributed by atoms with Crippen molar-refractivity contribution < 1.29 is 4.42 Å². The number of anilines is 2. The first-order valence-electron chi connectivity index (χ1n) is 14.3. The van der Waals surface area contributed by atoms with Crippen LogP contribution in [0.3, 0.4) is 0 Å². The third-order valence-electron chi connectivity index (χ3n) is 8.10. The van der Waals surface area contributed by atoms with Gasteiger partial charge in [-0.15, -0.1) is 0 Å².